The summed E-state index contributed by atoms with van der Waals surface area (Å²) in [5.74, 6) is 0.572. The number of thiazole rings is 1. The number of pyridine rings is 1. The van der Waals surface area contributed by atoms with Crippen molar-refractivity contribution < 1.29 is 0 Å². The monoisotopic (exact) mass is 343 g/mol. The molecule has 3 N–H and O–H groups in total. The molecule has 5 nitrogen and oxygen atoms in total. The highest BCUT2D eigenvalue weighted by molar-refractivity contribution is 7.11. The quantitative estimate of drug-likeness (QED) is 0.893. The van der Waals surface area contributed by atoms with E-state index in [-0.39, 0.29) is 0 Å². The highest BCUT2D eigenvalue weighted by Gasteiger charge is 2.21. The molecule has 128 valence electrons. The molecule has 1 fully saturated rings. The second-order valence-electron chi connectivity index (χ2n) is 6.85. The number of aryl methyl sites for hydroxylation is 2. The maximum absolute atomic E-state index is 5.65. The lowest BCUT2D eigenvalue weighted by atomic mass is 10.1. The topological polar surface area (TPSA) is 67.1 Å². The maximum Gasteiger partial charge on any atom is 0.123 e. The van der Waals surface area contributed by atoms with Gasteiger partial charge in [0.2, 0.25) is 0 Å². The number of anilines is 2. The van der Waals surface area contributed by atoms with Crippen LogP contribution < -0.4 is 11.1 Å². The van der Waals surface area contributed by atoms with Gasteiger partial charge in [-0.15, -0.1) is 11.3 Å². The third-order valence-electron chi connectivity index (χ3n) is 4.98. The standard InChI is InChI=1S/C18H25N5S/c19-17-7-6-14(11-20-17)21-13-3-2-9-23(10-8-13)12-18-22-15-4-1-5-16(15)24-18/h6-7,11,13,21H,1-5,8-10,12H2,(H2,19,20)/t13-/m0/s1. The van der Waals surface area contributed by atoms with Crippen molar-refractivity contribution in [3.63, 3.8) is 0 Å². The average molecular weight is 344 g/mol. The van der Waals surface area contributed by atoms with Gasteiger partial charge in [0.05, 0.1) is 24.1 Å². The van der Waals surface area contributed by atoms with Crippen LogP contribution in [0.2, 0.25) is 0 Å². The number of nitrogens with two attached hydrogens (primary N) is 1. The Balaban J connectivity index is 1.31. The van der Waals surface area contributed by atoms with E-state index in [0.29, 0.717) is 11.9 Å². The van der Waals surface area contributed by atoms with E-state index in [9.17, 15) is 0 Å². The first-order valence-electron chi connectivity index (χ1n) is 8.94. The van der Waals surface area contributed by atoms with Crippen molar-refractivity contribution in [2.75, 3.05) is 24.1 Å². The fourth-order valence-electron chi connectivity index (χ4n) is 3.69. The van der Waals surface area contributed by atoms with Gasteiger partial charge >= 0.3 is 0 Å². The molecule has 0 aromatic carbocycles. The van der Waals surface area contributed by atoms with Gasteiger partial charge in [0.1, 0.15) is 10.8 Å². The molecule has 0 saturated carbocycles. The molecule has 1 aliphatic carbocycles. The molecule has 0 bridgehead atoms. The van der Waals surface area contributed by atoms with Gasteiger partial charge in [-0.05, 0) is 57.2 Å². The van der Waals surface area contributed by atoms with Crippen LogP contribution in [0, 0.1) is 0 Å². The number of nitrogens with zero attached hydrogens (tertiary/aromatic N) is 3. The lowest BCUT2D eigenvalue weighted by Gasteiger charge is -2.19. The summed E-state index contributed by atoms with van der Waals surface area (Å²) in [5, 5.41) is 4.92. The predicted octanol–water partition coefficient (Wildman–Crippen LogP) is 3.08. The van der Waals surface area contributed by atoms with Gasteiger partial charge in [0.15, 0.2) is 0 Å². The van der Waals surface area contributed by atoms with E-state index < -0.39 is 0 Å². The Hall–Kier alpha value is -1.66. The molecule has 6 heteroatoms. The van der Waals surface area contributed by atoms with Crippen LogP contribution in [0.1, 0.15) is 41.3 Å². The average Bonchev–Trinajstić information content (AvgIpc) is 3.08. The van der Waals surface area contributed by atoms with E-state index >= 15 is 0 Å². The highest BCUT2D eigenvalue weighted by atomic mass is 32.1. The first kappa shape index (κ1) is 15.8. The molecular formula is C18H25N5S. The van der Waals surface area contributed by atoms with Gasteiger partial charge in [-0.1, -0.05) is 0 Å². The first-order chi connectivity index (χ1) is 11.8. The molecule has 2 aromatic rings. The van der Waals surface area contributed by atoms with Crippen LogP contribution in [0.4, 0.5) is 11.5 Å². The normalized spacial score (nSPS) is 21.4. The minimum Gasteiger partial charge on any atom is -0.384 e. The Morgan fingerprint density at radius 3 is 3.00 bits per heavy atom. The van der Waals surface area contributed by atoms with Gasteiger partial charge in [-0.3, -0.25) is 4.90 Å². The van der Waals surface area contributed by atoms with E-state index in [1.807, 2.05) is 29.7 Å². The lowest BCUT2D eigenvalue weighted by Crippen LogP contribution is -2.26. The molecular weight excluding hydrogens is 318 g/mol. The van der Waals surface area contributed by atoms with Crippen LogP contribution >= 0.6 is 11.3 Å². The number of nitrogen functional groups attached to an aromatic ring is 1. The minimum absolute atomic E-state index is 0.515. The number of aromatic nitrogens is 2. The maximum atomic E-state index is 5.65. The molecule has 24 heavy (non-hydrogen) atoms. The fraction of sp³-hybridized carbons (Fsp3) is 0.556. The molecule has 2 aromatic heterocycles. The van der Waals surface area contributed by atoms with Crippen molar-refractivity contribution in [2.45, 2.75) is 51.1 Å². The zero-order valence-electron chi connectivity index (χ0n) is 14.0. The van der Waals surface area contributed by atoms with Gasteiger partial charge in [0.25, 0.3) is 0 Å². The lowest BCUT2D eigenvalue weighted by molar-refractivity contribution is 0.275. The van der Waals surface area contributed by atoms with Gasteiger partial charge < -0.3 is 11.1 Å². The Bertz CT molecular complexity index is 660. The third kappa shape index (κ3) is 3.70. The molecule has 0 spiro atoms. The van der Waals surface area contributed by atoms with Crippen LogP contribution in [0.15, 0.2) is 18.3 Å². The first-order valence-corrected chi connectivity index (χ1v) is 9.76. The van der Waals surface area contributed by atoms with Crippen LogP contribution in [-0.2, 0) is 19.4 Å². The summed E-state index contributed by atoms with van der Waals surface area (Å²) >= 11 is 1.94. The summed E-state index contributed by atoms with van der Waals surface area (Å²) in [4.78, 5) is 13.1. The van der Waals surface area contributed by atoms with Crippen molar-refractivity contribution in [1.82, 2.24) is 14.9 Å². The Labute approximate surface area is 147 Å². The number of likely N-dealkylation sites (tertiary alicyclic amines) is 1. The zero-order valence-corrected chi connectivity index (χ0v) is 14.8. The molecule has 0 radical (unpaired) electrons. The van der Waals surface area contributed by atoms with Crippen molar-refractivity contribution >= 4 is 22.8 Å². The van der Waals surface area contributed by atoms with Crippen molar-refractivity contribution in [2.24, 2.45) is 0 Å². The highest BCUT2D eigenvalue weighted by Crippen LogP contribution is 2.28. The van der Waals surface area contributed by atoms with Crippen LogP contribution in [0.3, 0.4) is 0 Å². The molecule has 1 atom stereocenters. The summed E-state index contributed by atoms with van der Waals surface area (Å²) in [5.41, 5.74) is 8.10. The molecule has 4 rings (SSSR count). The SMILES string of the molecule is Nc1ccc(N[C@H]2CCCN(Cc3nc4c(s3)CCC4)CC2)cn1. The van der Waals surface area contributed by atoms with Crippen LogP contribution in [-0.4, -0.2) is 34.0 Å². The molecule has 3 heterocycles. The van der Waals surface area contributed by atoms with Gasteiger partial charge in [-0.25, -0.2) is 9.97 Å². The van der Waals surface area contributed by atoms with Crippen LogP contribution in [0.5, 0.6) is 0 Å². The second kappa shape index (κ2) is 7.07. The summed E-state index contributed by atoms with van der Waals surface area (Å²) in [6.45, 7) is 3.32. The molecule has 1 aliphatic heterocycles. The molecule has 2 aliphatic rings. The Kier molecular flexibility index (Phi) is 4.67. The summed E-state index contributed by atoms with van der Waals surface area (Å²) in [7, 11) is 0. The fourth-order valence-corrected chi connectivity index (χ4v) is 4.89. The Morgan fingerprint density at radius 1 is 1.21 bits per heavy atom. The summed E-state index contributed by atoms with van der Waals surface area (Å²) in [6, 6.07) is 4.39. The van der Waals surface area contributed by atoms with E-state index in [2.05, 4.69) is 15.2 Å². The number of hydrogen-bond donors (Lipinski definition) is 2. The number of rotatable bonds is 4. The van der Waals surface area contributed by atoms with Gasteiger partial charge in [0, 0.05) is 17.5 Å². The third-order valence-corrected chi connectivity index (χ3v) is 6.12. The number of nitrogens with one attached hydrogen (secondary N) is 1. The minimum atomic E-state index is 0.515. The van der Waals surface area contributed by atoms with E-state index in [1.54, 1.807) is 0 Å². The van der Waals surface area contributed by atoms with Crippen molar-refractivity contribution in [3.8, 4) is 0 Å². The largest absolute Gasteiger partial charge is 0.384 e. The van der Waals surface area contributed by atoms with E-state index in [4.69, 9.17) is 10.7 Å². The van der Waals surface area contributed by atoms with E-state index in [0.717, 1.165) is 25.2 Å². The zero-order chi connectivity index (χ0) is 16.4. The summed E-state index contributed by atoms with van der Waals surface area (Å²) in [6.07, 6.45) is 9.15. The van der Waals surface area contributed by atoms with Crippen molar-refractivity contribution in [1.29, 1.82) is 0 Å². The molecule has 1 saturated heterocycles. The van der Waals surface area contributed by atoms with Crippen LogP contribution in [0.25, 0.3) is 0 Å². The summed E-state index contributed by atoms with van der Waals surface area (Å²) < 4.78 is 0. The Morgan fingerprint density at radius 2 is 2.17 bits per heavy atom. The van der Waals surface area contributed by atoms with Gasteiger partial charge in [-0.2, -0.15) is 0 Å². The predicted molar refractivity (Wildman–Crippen MR) is 99.3 cm³/mol. The molecule has 0 amide bonds. The van der Waals surface area contributed by atoms with Crippen molar-refractivity contribution in [3.05, 3.63) is 33.9 Å². The van der Waals surface area contributed by atoms with E-state index in [1.165, 1.54) is 54.2 Å². The second-order valence-corrected chi connectivity index (χ2v) is 8.02. The molecule has 0 unspecified atom stereocenters. The number of hydrogen-bond acceptors (Lipinski definition) is 6. The smallest absolute Gasteiger partial charge is 0.123 e. The number of fused-ring (bicyclic) bond motifs is 1.